The Morgan fingerprint density at radius 1 is 1.77 bits per heavy atom. The van der Waals surface area contributed by atoms with E-state index in [0.29, 0.717) is 18.5 Å². The molecule has 0 radical (unpaired) electrons. The summed E-state index contributed by atoms with van der Waals surface area (Å²) in [4.78, 5) is 11.4. The van der Waals surface area contributed by atoms with Gasteiger partial charge in [-0.3, -0.25) is 4.79 Å². The Labute approximate surface area is 88.5 Å². The molecule has 1 N–H and O–H groups in total. The molecule has 0 spiro atoms. The number of halogens is 1. The van der Waals surface area contributed by atoms with Crippen LogP contribution in [0.3, 0.4) is 0 Å². The fourth-order valence-corrected chi connectivity index (χ4v) is 2.03. The number of hydrogen-bond acceptors (Lipinski definition) is 3. The number of carbonyl (C=O) groups is 1. The summed E-state index contributed by atoms with van der Waals surface area (Å²) in [6.45, 7) is 0.400. The molecule has 0 atom stereocenters. The van der Waals surface area contributed by atoms with Crippen LogP contribution in [0.4, 0.5) is 0 Å². The van der Waals surface area contributed by atoms with Crippen LogP contribution in [0.1, 0.15) is 16.8 Å². The quantitative estimate of drug-likeness (QED) is 0.845. The molecule has 0 aliphatic rings. The fraction of sp³-hybridized carbons (Fsp3) is 0.250. The molecule has 1 aromatic heterocycles. The van der Waals surface area contributed by atoms with Gasteiger partial charge in [0.15, 0.2) is 0 Å². The number of carbonyl (C=O) groups excluding carboxylic acids is 1. The summed E-state index contributed by atoms with van der Waals surface area (Å²) in [7, 11) is 0. The molecular formula is C8H7BrN2OS. The van der Waals surface area contributed by atoms with E-state index in [1.165, 1.54) is 11.3 Å². The number of rotatable bonds is 3. The Morgan fingerprint density at radius 3 is 3.08 bits per heavy atom. The van der Waals surface area contributed by atoms with Crippen molar-refractivity contribution in [3.05, 3.63) is 20.8 Å². The Balaban J connectivity index is 2.50. The predicted molar refractivity (Wildman–Crippen MR) is 54.6 cm³/mol. The van der Waals surface area contributed by atoms with Gasteiger partial charge in [-0.1, -0.05) is 0 Å². The zero-order valence-corrected chi connectivity index (χ0v) is 9.11. The van der Waals surface area contributed by atoms with Gasteiger partial charge < -0.3 is 5.32 Å². The number of nitrogens with one attached hydrogen (secondary N) is 1. The summed E-state index contributed by atoms with van der Waals surface area (Å²) < 4.78 is 0.821. The molecule has 0 aliphatic heterocycles. The lowest BCUT2D eigenvalue weighted by Gasteiger charge is -1.99. The molecule has 0 fully saturated rings. The number of amides is 1. The third-order valence-corrected chi connectivity index (χ3v) is 3.07. The van der Waals surface area contributed by atoms with Gasteiger partial charge in [-0.25, -0.2) is 0 Å². The molecule has 1 aromatic rings. The normalized spacial score (nSPS) is 9.23. The van der Waals surface area contributed by atoms with Crippen LogP contribution in [-0.4, -0.2) is 12.5 Å². The molecular weight excluding hydrogens is 252 g/mol. The minimum absolute atomic E-state index is 0.136. The molecule has 3 nitrogen and oxygen atoms in total. The Morgan fingerprint density at radius 2 is 2.54 bits per heavy atom. The molecule has 1 rings (SSSR count). The summed E-state index contributed by atoms with van der Waals surface area (Å²) in [6, 6.07) is 3.71. The predicted octanol–water partition coefficient (Wildman–Crippen LogP) is 2.15. The van der Waals surface area contributed by atoms with Crippen LogP contribution in [0, 0.1) is 11.3 Å². The zero-order valence-electron chi connectivity index (χ0n) is 6.71. The SMILES string of the molecule is N#CCCNC(=O)c1ccsc1Br. The first-order valence-corrected chi connectivity index (χ1v) is 5.31. The van der Waals surface area contributed by atoms with Crippen LogP contribution in [0.15, 0.2) is 15.2 Å². The van der Waals surface area contributed by atoms with Crippen LogP contribution in [0.2, 0.25) is 0 Å². The van der Waals surface area contributed by atoms with Gasteiger partial charge in [-0.2, -0.15) is 5.26 Å². The van der Waals surface area contributed by atoms with E-state index < -0.39 is 0 Å². The minimum Gasteiger partial charge on any atom is -0.351 e. The molecule has 0 aliphatic carbocycles. The highest BCUT2D eigenvalue weighted by Crippen LogP contribution is 2.22. The van der Waals surface area contributed by atoms with Gasteiger partial charge in [0, 0.05) is 6.54 Å². The molecule has 0 unspecified atom stereocenters. The summed E-state index contributed by atoms with van der Waals surface area (Å²) in [5, 5.41) is 12.7. The third kappa shape index (κ3) is 2.83. The van der Waals surface area contributed by atoms with Crippen LogP contribution < -0.4 is 5.32 Å². The van der Waals surface area contributed by atoms with Gasteiger partial charge in [-0.15, -0.1) is 11.3 Å². The monoisotopic (exact) mass is 258 g/mol. The van der Waals surface area contributed by atoms with Crippen molar-refractivity contribution < 1.29 is 4.79 Å². The minimum atomic E-state index is -0.136. The van der Waals surface area contributed by atoms with E-state index in [4.69, 9.17) is 5.26 Å². The molecule has 1 amide bonds. The number of nitrogens with zero attached hydrogens (tertiary/aromatic N) is 1. The lowest BCUT2D eigenvalue weighted by Crippen LogP contribution is -2.23. The largest absolute Gasteiger partial charge is 0.351 e. The highest BCUT2D eigenvalue weighted by molar-refractivity contribution is 9.11. The van der Waals surface area contributed by atoms with Crippen molar-refractivity contribution in [1.82, 2.24) is 5.32 Å². The number of thiophene rings is 1. The molecule has 0 saturated carbocycles. The van der Waals surface area contributed by atoms with Crippen molar-refractivity contribution in [3.8, 4) is 6.07 Å². The standard InChI is InChI=1S/C8H7BrN2OS/c9-7-6(2-5-13-7)8(12)11-4-1-3-10/h2,5H,1,4H2,(H,11,12). The third-order valence-electron chi connectivity index (χ3n) is 1.38. The summed E-state index contributed by atoms with van der Waals surface area (Å²) >= 11 is 4.73. The van der Waals surface area contributed by atoms with E-state index in [2.05, 4.69) is 21.2 Å². The summed E-state index contributed by atoms with van der Waals surface area (Å²) in [5.41, 5.74) is 0.628. The second-order valence-corrected chi connectivity index (χ2v) is 4.51. The Kier molecular flexibility index (Phi) is 3.93. The average molecular weight is 259 g/mol. The molecule has 13 heavy (non-hydrogen) atoms. The lowest BCUT2D eigenvalue weighted by molar-refractivity contribution is 0.0954. The van der Waals surface area contributed by atoms with Crippen molar-refractivity contribution in [2.45, 2.75) is 6.42 Å². The van der Waals surface area contributed by atoms with Crippen LogP contribution in [-0.2, 0) is 0 Å². The highest BCUT2D eigenvalue weighted by atomic mass is 79.9. The van der Waals surface area contributed by atoms with Crippen molar-refractivity contribution in [2.75, 3.05) is 6.54 Å². The summed E-state index contributed by atoms with van der Waals surface area (Å²) in [5.74, 6) is -0.136. The van der Waals surface area contributed by atoms with Crippen molar-refractivity contribution in [3.63, 3.8) is 0 Å². The van der Waals surface area contributed by atoms with E-state index in [1.807, 2.05) is 11.4 Å². The van der Waals surface area contributed by atoms with E-state index in [0.717, 1.165) is 3.79 Å². The topological polar surface area (TPSA) is 52.9 Å². The van der Waals surface area contributed by atoms with E-state index >= 15 is 0 Å². The summed E-state index contributed by atoms with van der Waals surface area (Å²) in [6.07, 6.45) is 0.341. The van der Waals surface area contributed by atoms with Crippen molar-refractivity contribution >= 4 is 33.2 Å². The lowest BCUT2D eigenvalue weighted by atomic mass is 10.3. The smallest absolute Gasteiger partial charge is 0.253 e. The molecule has 0 aromatic carbocycles. The molecule has 0 bridgehead atoms. The highest BCUT2D eigenvalue weighted by Gasteiger charge is 2.09. The average Bonchev–Trinajstić information content (AvgIpc) is 2.52. The van der Waals surface area contributed by atoms with Gasteiger partial charge in [0.2, 0.25) is 0 Å². The first kappa shape index (κ1) is 10.2. The van der Waals surface area contributed by atoms with Gasteiger partial charge in [-0.05, 0) is 27.4 Å². The number of hydrogen-bond donors (Lipinski definition) is 1. The fourth-order valence-electron chi connectivity index (χ4n) is 0.783. The number of nitriles is 1. The van der Waals surface area contributed by atoms with Crippen molar-refractivity contribution in [1.29, 1.82) is 5.26 Å². The molecule has 1 heterocycles. The van der Waals surface area contributed by atoms with Gasteiger partial charge >= 0.3 is 0 Å². The van der Waals surface area contributed by atoms with E-state index in [-0.39, 0.29) is 5.91 Å². The second-order valence-electron chi connectivity index (χ2n) is 2.27. The van der Waals surface area contributed by atoms with Gasteiger partial charge in [0.1, 0.15) is 0 Å². The molecule has 0 saturated heterocycles. The Bertz CT molecular complexity index is 342. The van der Waals surface area contributed by atoms with Crippen LogP contribution >= 0.6 is 27.3 Å². The maximum Gasteiger partial charge on any atom is 0.253 e. The van der Waals surface area contributed by atoms with Crippen LogP contribution in [0.25, 0.3) is 0 Å². The van der Waals surface area contributed by atoms with Gasteiger partial charge in [0.05, 0.1) is 21.8 Å². The van der Waals surface area contributed by atoms with Crippen molar-refractivity contribution in [2.24, 2.45) is 0 Å². The first-order chi connectivity index (χ1) is 6.25. The van der Waals surface area contributed by atoms with Crippen LogP contribution in [0.5, 0.6) is 0 Å². The maximum absolute atomic E-state index is 11.4. The van der Waals surface area contributed by atoms with E-state index in [1.54, 1.807) is 6.07 Å². The second kappa shape index (κ2) is 5.00. The molecule has 68 valence electrons. The van der Waals surface area contributed by atoms with E-state index in [9.17, 15) is 4.79 Å². The molecule has 5 heteroatoms. The first-order valence-electron chi connectivity index (χ1n) is 3.64. The Hall–Kier alpha value is -0.860. The maximum atomic E-state index is 11.4. The van der Waals surface area contributed by atoms with Gasteiger partial charge in [0.25, 0.3) is 5.91 Å². The zero-order chi connectivity index (χ0) is 9.68.